The summed E-state index contributed by atoms with van der Waals surface area (Å²) in [4.78, 5) is 7.81. The van der Waals surface area contributed by atoms with Crippen LogP contribution >= 0.6 is 12.2 Å². The Balaban J connectivity index is 1.98. The van der Waals surface area contributed by atoms with Crippen LogP contribution in [0.1, 0.15) is 24.5 Å². The van der Waals surface area contributed by atoms with E-state index in [9.17, 15) is 4.39 Å². The van der Waals surface area contributed by atoms with Gasteiger partial charge in [0.25, 0.3) is 0 Å². The molecule has 21 heavy (non-hydrogen) atoms. The van der Waals surface area contributed by atoms with Crippen LogP contribution in [0.2, 0.25) is 0 Å². The Morgan fingerprint density at radius 1 is 1.10 bits per heavy atom. The number of fused-ring (bicyclic) bond motifs is 1. The van der Waals surface area contributed by atoms with Crippen LogP contribution in [0.25, 0.3) is 22.2 Å². The molecule has 1 N–H and O–H groups in total. The molecule has 0 spiro atoms. The zero-order valence-electron chi connectivity index (χ0n) is 11.3. The molecule has 0 amide bonds. The van der Waals surface area contributed by atoms with Crippen molar-refractivity contribution in [2.75, 3.05) is 0 Å². The van der Waals surface area contributed by atoms with Crippen molar-refractivity contribution < 1.29 is 4.39 Å². The quantitative estimate of drug-likeness (QED) is 0.676. The molecule has 0 bridgehead atoms. The molecule has 4 heteroatoms. The molecule has 2 nitrogen and oxygen atoms in total. The molecule has 1 aliphatic carbocycles. The molecule has 1 heterocycles. The lowest BCUT2D eigenvalue weighted by Crippen LogP contribution is -1.96. The summed E-state index contributed by atoms with van der Waals surface area (Å²) < 4.78 is 14.5. The summed E-state index contributed by atoms with van der Waals surface area (Å²) in [7, 11) is 0. The van der Waals surface area contributed by atoms with Crippen molar-refractivity contribution in [2.24, 2.45) is 0 Å². The van der Waals surface area contributed by atoms with Gasteiger partial charge in [-0.05, 0) is 42.3 Å². The molecular weight excluding hydrogens is 283 g/mol. The van der Waals surface area contributed by atoms with Crippen LogP contribution < -0.4 is 0 Å². The molecule has 3 aromatic rings. The lowest BCUT2D eigenvalue weighted by molar-refractivity contribution is 0.640. The number of H-pyrrole nitrogens is 1. The van der Waals surface area contributed by atoms with Crippen molar-refractivity contribution in [3.8, 4) is 11.4 Å². The van der Waals surface area contributed by atoms with Crippen LogP contribution in [0.5, 0.6) is 0 Å². The first-order valence-electron chi connectivity index (χ1n) is 7.01. The minimum Gasteiger partial charge on any atom is -0.343 e. The second-order valence-corrected chi connectivity index (χ2v) is 5.86. The predicted molar refractivity (Wildman–Crippen MR) is 84.3 cm³/mol. The van der Waals surface area contributed by atoms with Gasteiger partial charge in [-0.25, -0.2) is 9.37 Å². The number of benzene rings is 2. The third-order valence-corrected chi connectivity index (χ3v) is 4.12. The number of nitrogens with one attached hydrogen (secondary N) is 1. The van der Waals surface area contributed by atoms with Crippen LogP contribution in [0.4, 0.5) is 4.39 Å². The van der Waals surface area contributed by atoms with Gasteiger partial charge < -0.3 is 4.98 Å². The van der Waals surface area contributed by atoms with E-state index in [0.29, 0.717) is 15.9 Å². The Bertz CT molecular complexity index is 897. The fourth-order valence-electron chi connectivity index (χ4n) is 2.69. The molecule has 0 unspecified atom stereocenters. The van der Waals surface area contributed by atoms with Gasteiger partial charge in [0.1, 0.15) is 16.3 Å². The SMILES string of the molecule is Fc1ccc(-c2nc(=S)cc(C3CC3)[nH]2)c2ccccc12. The minimum absolute atomic E-state index is 0.216. The average Bonchev–Trinajstić information content (AvgIpc) is 3.32. The molecule has 1 saturated carbocycles. The Kier molecular flexibility index (Phi) is 2.86. The standard InChI is InChI=1S/C17H13FN2S/c18-14-8-7-13(11-3-1-2-4-12(11)14)17-19-15(10-5-6-10)9-16(21)20-17/h1-4,7-10H,5-6H2,(H,19,20,21). The number of hydrogen-bond donors (Lipinski definition) is 1. The van der Waals surface area contributed by atoms with E-state index < -0.39 is 0 Å². The van der Waals surface area contributed by atoms with E-state index in [2.05, 4.69) is 9.97 Å². The number of nitrogens with zero attached hydrogens (tertiary/aromatic N) is 1. The average molecular weight is 296 g/mol. The van der Waals surface area contributed by atoms with Gasteiger partial charge in [0.2, 0.25) is 0 Å². The number of rotatable bonds is 2. The maximum atomic E-state index is 13.9. The van der Waals surface area contributed by atoms with Gasteiger partial charge in [0.15, 0.2) is 0 Å². The van der Waals surface area contributed by atoms with E-state index in [1.54, 1.807) is 12.1 Å². The maximum absolute atomic E-state index is 13.9. The Labute approximate surface area is 126 Å². The molecule has 1 aromatic heterocycles. The van der Waals surface area contributed by atoms with Crippen molar-refractivity contribution >= 4 is 23.0 Å². The van der Waals surface area contributed by atoms with Gasteiger partial charge in [-0.15, -0.1) is 0 Å². The Morgan fingerprint density at radius 3 is 2.62 bits per heavy atom. The van der Waals surface area contributed by atoms with Crippen molar-refractivity contribution in [3.63, 3.8) is 0 Å². The lowest BCUT2D eigenvalue weighted by atomic mass is 10.0. The Morgan fingerprint density at radius 2 is 1.86 bits per heavy atom. The highest BCUT2D eigenvalue weighted by Crippen LogP contribution is 2.39. The third-order valence-electron chi connectivity index (χ3n) is 3.91. The van der Waals surface area contributed by atoms with Gasteiger partial charge in [-0.3, -0.25) is 0 Å². The summed E-state index contributed by atoms with van der Waals surface area (Å²) in [6.07, 6.45) is 2.39. The maximum Gasteiger partial charge on any atom is 0.139 e. The molecular formula is C17H13FN2S. The highest BCUT2D eigenvalue weighted by molar-refractivity contribution is 7.71. The zero-order valence-corrected chi connectivity index (χ0v) is 12.1. The summed E-state index contributed by atoms with van der Waals surface area (Å²) in [5.41, 5.74) is 2.03. The molecule has 104 valence electrons. The van der Waals surface area contributed by atoms with Crippen molar-refractivity contribution in [3.05, 3.63) is 58.6 Å². The van der Waals surface area contributed by atoms with E-state index in [-0.39, 0.29) is 5.82 Å². The van der Waals surface area contributed by atoms with Crippen LogP contribution in [0.15, 0.2) is 42.5 Å². The third kappa shape index (κ3) is 2.25. The highest BCUT2D eigenvalue weighted by atomic mass is 32.1. The molecule has 1 fully saturated rings. The first-order chi connectivity index (χ1) is 10.2. The van der Waals surface area contributed by atoms with E-state index in [1.165, 1.54) is 18.9 Å². The molecule has 0 saturated heterocycles. The number of aromatic amines is 1. The normalized spacial score (nSPS) is 14.5. The molecule has 4 rings (SSSR count). The van der Waals surface area contributed by atoms with Crippen molar-refractivity contribution in [1.29, 1.82) is 0 Å². The number of aromatic nitrogens is 2. The topological polar surface area (TPSA) is 28.7 Å². The molecule has 1 aliphatic rings. The molecule has 0 atom stereocenters. The number of halogens is 1. The smallest absolute Gasteiger partial charge is 0.139 e. The van der Waals surface area contributed by atoms with E-state index in [0.717, 1.165) is 22.5 Å². The minimum atomic E-state index is -0.216. The van der Waals surface area contributed by atoms with Crippen LogP contribution in [-0.2, 0) is 0 Å². The van der Waals surface area contributed by atoms with Crippen molar-refractivity contribution in [1.82, 2.24) is 9.97 Å². The van der Waals surface area contributed by atoms with E-state index in [4.69, 9.17) is 12.2 Å². The fourth-order valence-corrected chi connectivity index (χ4v) is 2.91. The summed E-state index contributed by atoms with van der Waals surface area (Å²) in [5.74, 6) is 1.08. The van der Waals surface area contributed by atoms with E-state index in [1.807, 2.05) is 24.3 Å². The molecule has 0 radical (unpaired) electrons. The van der Waals surface area contributed by atoms with E-state index >= 15 is 0 Å². The van der Waals surface area contributed by atoms with Gasteiger partial charge in [0.05, 0.1) is 0 Å². The van der Waals surface area contributed by atoms with Gasteiger partial charge in [-0.1, -0.05) is 36.5 Å². The first-order valence-corrected chi connectivity index (χ1v) is 7.42. The summed E-state index contributed by atoms with van der Waals surface area (Å²) in [6, 6.07) is 12.6. The van der Waals surface area contributed by atoms with Crippen LogP contribution in [0, 0.1) is 10.5 Å². The van der Waals surface area contributed by atoms with Gasteiger partial charge in [-0.2, -0.15) is 0 Å². The summed E-state index contributed by atoms with van der Waals surface area (Å²) in [6.45, 7) is 0. The largest absolute Gasteiger partial charge is 0.343 e. The molecule has 0 aliphatic heterocycles. The summed E-state index contributed by atoms with van der Waals surface area (Å²) >= 11 is 5.28. The number of hydrogen-bond acceptors (Lipinski definition) is 2. The van der Waals surface area contributed by atoms with Gasteiger partial charge in [0, 0.05) is 16.6 Å². The zero-order chi connectivity index (χ0) is 14.4. The van der Waals surface area contributed by atoms with Crippen LogP contribution in [-0.4, -0.2) is 9.97 Å². The monoisotopic (exact) mass is 296 g/mol. The Hall–Kier alpha value is -2.07. The van der Waals surface area contributed by atoms with Crippen LogP contribution in [0.3, 0.4) is 0 Å². The van der Waals surface area contributed by atoms with Gasteiger partial charge >= 0.3 is 0 Å². The lowest BCUT2D eigenvalue weighted by Gasteiger charge is -2.09. The molecule has 2 aromatic carbocycles. The fraction of sp³-hybridized carbons (Fsp3) is 0.176. The summed E-state index contributed by atoms with van der Waals surface area (Å²) in [5, 5.41) is 1.46. The second kappa shape index (κ2) is 4.74. The van der Waals surface area contributed by atoms with Crippen molar-refractivity contribution in [2.45, 2.75) is 18.8 Å². The highest BCUT2D eigenvalue weighted by Gasteiger charge is 2.25. The second-order valence-electron chi connectivity index (χ2n) is 5.44. The predicted octanol–water partition coefficient (Wildman–Crippen LogP) is 4.98. The first kappa shape index (κ1) is 12.7.